The molecule has 0 radical (unpaired) electrons. The number of halogens is 2. The van der Waals surface area contributed by atoms with Crippen LogP contribution in [0.25, 0.3) is 0 Å². The van der Waals surface area contributed by atoms with Crippen molar-refractivity contribution < 1.29 is 13.8 Å². The highest BCUT2D eigenvalue weighted by Gasteiger charge is 2.20. The normalized spacial score (nSPS) is 9.08. The van der Waals surface area contributed by atoms with Crippen molar-refractivity contribution in [3.63, 3.8) is 0 Å². The summed E-state index contributed by atoms with van der Waals surface area (Å²) in [5.74, 6) is 0.0891. The van der Waals surface area contributed by atoms with Gasteiger partial charge in [-0.25, -0.2) is 9.65 Å². The van der Waals surface area contributed by atoms with Crippen LogP contribution in [-0.4, -0.2) is 12.1 Å². The van der Waals surface area contributed by atoms with E-state index in [2.05, 4.69) is 0 Å². The molecule has 1 rings (SSSR count). The summed E-state index contributed by atoms with van der Waals surface area (Å²) in [5.41, 5.74) is -0.209. The molecule has 0 aliphatic carbocycles. The molecule has 2 nitrogen and oxygen atoms in total. The lowest BCUT2D eigenvalue weighted by Crippen LogP contribution is -2.23. The molecule has 0 amide bonds. The molecule has 0 saturated carbocycles. The van der Waals surface area contributed by atoms with E-state index in [9.17, 15) is 8.71 Å². The Balaban J connectivity index is 3.11. The summed E-state index contributed by atoms with van der Waals surface area (Å²) >= 11 is 0. The number of phenols is 1. The van der Waals surface area contributed by atoms with E-state index in [0.29, 0.717) is 0 Å². The van der Waals surface area contributed by atoms with Crippen molar-refractivity contribution >= 4 is 12.5 Å². The summed E-state index contributed by atoms with van der Waals surface area (Å²) in [6, 6.07) is 2.79. The summed E-state index contributed by atoms with van der Waals surface area (Å²) in [7, 11) is 0. The number of phenolic OH excluding ortho intramolecular Hbond substituents is 1. The first kappa shape index (κ1) is 8.53. The molecule has 1 aromatic carbocycles. The van der Waals surface area contributed by atoms with E-state index in [1.807, 2.05) is 0 Å². The van der Waals surface area contributed by atoms with E-state index < -0.39 is 18.6 Å². The number of benzene rings is 1. The van der Waals surface area contributed by atoms with Crippen LogP contribution in [0.5, 0.6) is 5.75 Å². The Morgan fingerprint density at radius 3 is 2.67 bits per heavy atom. The van der Waals surface area contributed by atoms with E-state index in [1.54, 1.807) is 0 Å². The first-order chi connectivity index (χ1) is 5.65. The summed E-state index contributed by atoms with van der Waals surface area (Å²) < 4.78 is 25.0. The van der Waals surface area contributed by atoms with Crippen LogP contribution < -0.4 is 5.46 Å². The summed E-state index contributed by atoms with van der Waals surface area (Å²) in [5, 5.41) is 17.1. The van der Waals surface area contributed by atoms with Crippen LogP contribution in [0.3, 0.4) is 0 Å². The van der Waals surface area contributed by atoms with Crippen LogP contribution in [0.15, 0.2) is 18.2 Å². The summed E-state index contributed by atoms with van der Waals surface area (Å²) in [6.45, 7) is -1.91. The van der Waals surface area contributed by atoms with Crippen LogP contribution in [0.2, 0.25) is 0 Å². The zero-order valence-electron chi connectivity index (χ0n) is 5.96. The van der Waals surface area contributed by atoms with Crippen molar-refractivity contribution in [3.05, 3.63) is 24.0 Å². The highest BCUT2D eigenvalue weighted by molar-refractivity contribution is 6.74. The summed E-state index contributed by atoms with van der Waals surface area (Å²) in [6.07, 6.45) is 0. The minimum absolute atomic E-state index is 0.209. The monoisotopic (exact) mass is 167 g/mol. The second-order valence-electron chi connectivity index (χ2n) is 2.19. The number of nitrogens with zero attached hydrogens (tertiary/aromatic N) is 1. The number of hydrogen-bond acceptors (Lipinski definition) is 2. The Labute approximate surface area is 68.2 Å². The fraction of sp³-hybridized carbons (Fsp3) is 0. The molecule has 0 aromatic heterocycles. The van der Waals surface area contributed by atoms with Gasteiger partial charge in [-0.05, 0) is 6.07 Å². The van der Waals surface area contributed by atoms with Crippen molar-refractivity contribution in [2.75, 3.05) is 0 Å². The summed E-state index contributed by atoms with van der Waals surface area (Å²) in [4.78, 5) is 0. The lowest BCUT2D eigenvalue weighted by molar-refractivity contribution is 0.473. The molecule has 0 saturated heterocycles. The zero-order valence-corrected chi connectivity index (χ0v) is 5.96. The van der Waals surface area contributed by atoms with E-state index >= 15 is 0 Å². The predicted octanol–water partition coefficient (Wildman–Crippen LogP) is 0.762. The van der Waals surface area contributed by atoms with Crippen molar-refractivity contribution in [1.29, 1.82) is 5.26 Å². The van der Waals surface area contributed by atoms with E-state index in [0.717, 1.165) is 18.2 Å². The van der Waals surface area contributed by atoms with Crippen molar-refractivity contribution in [2.45, 2.75) is 0 Å². The van der Waals surface area contributed by atoms with Crippen LogP contribution in [0, 0.1) is 17.0 Å². The van der Waals surface area contributed by atoms with Crippen molar-refractivity contribution in [1.82, 2.24) is 0 Å². The molecule has 0 aliphatic rings. The lowest BCUT2D eigenvalue weighted by Gasteiger charge is -1.99. The maximum atomic E-state index is 12.6. The van der Waals surface area contributed by atoms with E-state index in [1.165, 1.54) is 5.97 Å². The molecule has 0 unspecified atom stereocenters. The van der Waals surface area contributed by atoms with Crippen LogP contribution in [0.1, 0.15) is 0 Å². The molecule has 0 atom stereocenters. The largest absolute Gasteiger partial charge is 0.508 e. The second kappa shape index (κ2) is 3.22. The molecule has 1 N–H and O–H groups in total. The third kappa shape index (κ3) is 1.53. The predicted molar refractivity (Wildman–Crippen MR) is 40.2 cm³/mol. The average molecular weight is 167 g/mol. The topological polar surface area (TPSA) is 44.0 Å². The minimum Gasteiger partial charge on any atom is -0.508 e. The first-order valence-electron chi connectivity index (χ1n) is 3.17. The fourth-order valence-corrected chi connectivity index (χ4v) is 0.801. The highest BCUT2D eigenvalue weighted by atomic mass is 19.1. The van der Waals surface area contributed by atoms with Crippen molar-refractivity contribution in [3.8, 4) is 11.7 Å². The number of rotatable bonds is 1. The fourth-order valence-electron chi connectivity index (χ4n) is 0.801. The molecule has 12 heavy (non-hydrogen) atoms. The van der Waals surface area contributed by atoms with Crippen molar-refractivity contribution in [2.24, 2.45) is 0 Å². The Morgan fingerprint density at radius 1 is 1.50 bits per heavy atom. The molecule has 0 spiro atoms. The standard InChI is InChI=1S/C7H4BF2NO/c9-5-1-2-6(7(12)3-5)8(10)4-11/h1-3,12H. The Hall–Kier alpha value is -1.57. The van der Waals surface area contributed by atoms with Gasteiger partial charge in [0.2, 0.25) is 0 Å². The Bertz CT molecular complexity index is 337. The lowest BCUT2D eigenvalue weighted by atomic mass is 9.66. The molecule has 0 aliphatic heterocycles. The smallest absolute Gasteiger partial charge is 0.496 e. The number of nitriles is 1. The average Bonchev–Trinajstić information content (AvgIpc) is 2.03. The molecule has 5 heteroatoms. The second-order valence-corrected chi connectivity index (χ2v) is 2.19. The Morgan fingerprint density at radius 2 is 2.17 bits per heavy atom. The van der Waals surface area contributed by atoms with Gasteiger partial charge in [-0.1, -0.05) is 6.07 Å². The van der Waals surface area contributed by atoms with Crippen LogP contribution >= 0.6 is 0 Å². The number of aromatic hydroxyl groups is 1. The maximum Gasteiger partial charge on any atom is 0.496 e. The quantitative estimate of drug-likeness (QED) is 0.627. The van der Waals surface area contributed by atoms with Crippen LogP contribution in [-0.2, 0) is 0 Å². The SMILES string of the molecule is N#CB(F)c1ccc(F)cc1O. The molecule has 0 bridgehead atoms. The van der Waals surface area contributed by atoms with Gasteiger partial charge in [0.1, 0.15) is 11.6 Å². The van der Waals surface area contributed by atoms with Gasteiger partial charge in [0.05, 0.1) is 5.97 Å². The third-order valence-electron chi connectivity index (χ3n) is 1.38. The van der Waals surface area contributed by atoms with Gasteiger partial charge in [-0.3, -0.25) is 0 Å². The zero-order chi connectivity index (χ0) is 9.14. The molecule has 0 heterocycles. The van der Waals surface area contributed by atoms with Gasteiger partial charge in [-0.2, -0.15) is 0 Å². The Kier molecular flexibility index (Phi) is 2.29. The first-order valence-corrected chi connectivity index (χ1v) is 3.17. The van der Waals surface area contributed by atoms with Gasteiger partial charge in [0.15, 0.2) is 0 Å². The molecule has 0 fully saturated rings. The van der Waals surface area contributed by atoms with E-state index in [-0.39, 0.29) is 5.46 Å². The van der Waals surface area contributed by atoms with E-state index in [4.69, 9.17) is 10.4 Å². The molecule has 60 valence electrons. The van der Waals surface area contributed by atoms with Gasteiger partial charge in [0, 0.05) is 11.5 Å². The number of hydrogen-bond donors (Lipinski definition) is 1. The van der Waals surface area contributed by atoms with Gasteiger partial charge >= 0.3 is 6.99 Å². The molecular formula is C7H4BF2NO. The molecular weight excluding hydrogens is 163 g/mol. The maximum absolute atomic E-state index is 12.6. The molecule has 1 aromatic rings. The third-order valence-corrected chi connectivity index (χ3v) is 1.38. The van der Waals surface area contributed by atoms with Gasteiger partial charge in [0.25, 0.3) is 0 Å². The van der Waals surface area contributed by atoms with Crippen LogP contribution in [0.4, 0.5) is 8.71 Å². The van der Waals surface area contributed by atoms with Gasteiger partial charge < -0.3 is 9.42 Å². The minimum atomic E-state index is -1.91. The highest BCUT2D eigenvalue weighted by Crippen LogP contribution is 2.08. The van der Waals surface area contributed by atoms with Gasteiger partial charge in [-0.15, -0.1) is 0 Å².